The Morgan fingerprint density at radius 3 is 2.39 bits per heavy atom. The minimum absolute atomic E-state index is 0.0106. The second kappa shape index (κ2) is 9.85. The van der Waals surface area contributed by atoms with Gasteiger partial charge in [0.25, 0.3) is 11.8 Å². The molecule has 5 rings (SSSR count). The molecule has 2 aliphatic heterocycles. The number of carbonyl (C=O) groups is 3. The van der Waals surface area contributed by atoms with E-state index in [1.807, 2.05) is 23.4 Å². The minimum atomic E-state index is -0.524. The predicted molar refractivity (Wildman–Crippen MR) is 135 cm³/mol. The molecule has 0 unspecified atom stereocenters. The lowest BCUT2D eigenvalue weighted by molar-refractivity contribution is -0.125. The van der Waals surface area contributed by atoms with Crippen LogP contribution >= 0.6 is 0 Å². The molecule has 1 atom stereocenters. The summed E-state index contributed by atoms with van der Waals surface area (Å²) in [5.74, 6) is -1.32. The van der Waals surface area contributed by atoms with Crippen molar-refractivity contribution in [1.82, 2.24) is 19.3 Å². The Kier molecular flexibility index (Phi) is 6.62. The number of amides is 2. The van der Waals surface area contributed by atoms with Gasteiger partial charge in [-0.15, -0.1) is 0 Å². The van der Waals surface area contributed by atoms with E-state index in [-0.39, 0.29) is 17.8 Å². The molecule has 3 aromatic rings. The first-order chi connectivity index (χ1) is 17.3. The van der Waals surface area contributed by atoms with Crippen molar-refractivity contribution < 1.29 is 18.8 Å². The van der Waals surface area contributed by atoms with E-state index < -0.39 is 11.7 Å². The molecule has 2 aliphatic rings. The van der Waals surface area contributed by atoms with Crippen molar-refractivity contribution in [2.24, 2.45) is 7.05 Å². The van der Waals surface area contributed by atoms with E-state index in [2.05, 4.69) is 4.90 Å². The molecule has 0 aliphatic carbocycles. The number of aryl methyl sites for hydroxylation is 1. The molecular formula is C28H31FN4O3. The zero-order valence-corrected chi connectivity index (χ0v) is 20.7. The first-order valence-corrected chi connectivity index (χ1v) is 12.5. The molecule has 0 saturated carbocycles. The molecule has 2 saturated heterocycles. The van der Waals surface area contributed by atoms with Gasteiger partial charge in [0.1, 0.15) is 5.82 Å². The van der Waals surface area contributed by atoms with Crippen LogP contribution in [0.25, 0.3) is 10.9 Å². The molecule has 2 fully saturated rings. The Hall–Kier alpha value is -3.52. The van der Waals surface area contributed by atoms with Crippen LogP contribution in [-0.2, 0) is 18.4 Å². The summed E-state index contributed by atoms with van der Waals surface area (Å²) in [6, 6.07) is 11.7. The maximum Gasteiger partial charge on any atom is 0.294 e. The van der Waals surface area contributed by atoms with Gasteiger partial charge < -0.3 is 14.4 Å². The highest BCUT2D eigenvalue weighted by molar-refractivity contribution is 6.43. The number of halogens is 1. The fourth-order valence-electron chi connectivity index (χ4n) is 5.37. The highest BCUT2D eigenvalue weighted by atomic mass is 19.1. The van der Waals surface area contributed by atoms with Gasteiger partial charge in [0.15, 0.2) is 0 Å². The van der Waals surface area contributed by atoms with Crippen LogP contribution in [0.3, 0.4) is 0 Å². The van der Waals surface area contributed by atoms with Crippen molar-refractivity contribution in [2.75, 3.05) is 32.7 Å². The molecule has 0 spiro atoms. The van der Waals surface area contributed by atoms with Crippen molar-refractivity contribution in [3.05, 3.63) is 71.2 Å². The monoisotopic (exact) mass is 490 g/mol. The van der Waals surface area contributed by atoms with Crippen LogP contribution in [0.4, 0.5) is 4.39 Å². The van der Waals surface area contributed by atoms with Gasteiger partial charge in [-0.2, -0.15) is 0 Å². The van der Waals surface area contributed by atoms with Crippen LogP contribution in [0.5, 0.6) is 0 Å². The summed E-state index contributed by atoms with van der Waals surface area (Å²) in [6.07, 6.45) is 3.65. The normalized spacial score (nSPS) is 18.7. The number of benzene rings is 2. The number of hydrogen-bond donors (Lipinski definition) is 0. The predicted octanol–water partition coefficient (Wildman–Crippen LogP) is 3.47. The maximum atomic E-state index is 13.7. The summed E-state index contributed by atoms with van der Waals surface area (Å²) in [7, 11) is 1.88. The topological polar surface area (TPSA) is 65.9 Å². The molecule has 7 nitrogen and oxygen atoms in total. The maximum absolute atomic E-state index is 13.7. The first kappa shape index (κ1) is 24.2. The fraction of sp³-hybridized carbons (Fsp3) is 0.393. The highest BCUT2D eigenvalue weighted by Crippen LogP contribution is 2.26. The minimum Gasteiger partial charge on any atom is -0.350 e. The highest BCUT2D eigenvalue weighted by Gasteiger charge is 2.31. The number of piperazine rings is 1. The molecule has 36 heavy (non-hydrogen) atoms. The van der Waals surface area contributed by atoms with Gasteiger partial charge in [0.05, 0.1) is 5.56 Å². The molecular weight excluding hydrogens is 459 g/mol. The summed E-state index contributed by atoms with van der Waals surface area (Å²) in [4.78, 5) is 45.0. The first-order valence-electron chi connectivity index (χ1n) is 12.5. The van der Waals surface area contributed by atoms with Gasteiger partial charge >= 0.3 is 0 Å². The smallest absolute Gasteiger partial charge is 0.294 e. The third kappa shape index (κ3) is 4.65. The van der Waals surface area contributed by atoms with Crippen molar-refractivity contribution in [1.29, 1.82) is 0 Å². The lowest BCUT2D eigenvalue weighted by Crippen LogP contribution is -2.53. The van der Waals surface area contributed by atoms with E-state index >= 15 is 0 Å². The largest absolute Gasteiger partial charge is 0.350 e. The molecule has 2 amide bonds. The third-order valence-electron chi connectivity index (χ3n) is 7.36. The summed E-state index contributed by atoms with van der Waals surface area (Å²) in [5.41, 5.74) is 2.73. The van der Waals surface area contributed by atoms with Gasteiger partial charge in [-0.3, -0.25) is 19.3 Å². The zero-order valence-electron chi connectivity index (χ0n) is 20.7. The summed E-state index contributed by atoms with van der Waals surface area (Å²) in [6.45, 7) is 5.97. The number of hydrogen-bond acceptors (Lipinski definition) is 4. The Bertz CT molecular complexity index is 1310. The average molecular weight is 491 g/mol. The zero-order chi connectivity index (χ0) is 25.4. The molecule has 188 valence electrons. The number of carbonyl (C=O) groups excluding carboxylic acids is 3. The van der Waals surface area contributed by atoms with Crippen LogP contribution in [0.2, 0.25) is 0 Å². The molecule has 0 N–H and O–H groups in total. The van der Waals surface area contributed by atoms with Gasteiger partial charge in [-0.1, -0.05) is 12.1 Å². The lowest BCUT2D eigenvalue weighted by Gasteiger charge is -2.40. The van der Waals surface area contributed by atoms with E-state index in [0.29, 0.717) is 55.8 Å². The summed E-state index contributed by atoms with van der Waals surface area (Å²) in [5, 5.41) is 0.684. The van der Waals surface area contributed by atoms with Gasteiger partial charge in [-0.25, -0.2) is 4.39 Å². The van der Waals surface area contributed by atoms with E-state index in [1.165, 1.54) is 12.1 Å². The van der Waals surface area contributed by atoms with Crippen LogP contribution < -0.4 is 0 Å². The lowest BCUT2D eigenvalue weighted by atomic mass is 10.0. The van der Waals surface area contributed by atoms with E-state index in [1.54, 1.807) is 41.4 Å². The van der Waals surface area contributed by atoms with Crippen LogP contribution in [0.1, 0.15) is 46.0 Å². The van der Waals surface area contributed by atoms with E-state index in [0.717, 1.165) is 23.9 Å². The molecule has 8 heteroatoms. The fourth-order valence-corrected chi connectivity index (χ4v) is 5.37. The van der Waals surface area contributed by atoms with Crippen LogP contribution in [0, 0.1) is 5.82 Å². The summed E-state index contributed by atoms with van der Waals surface area (Å²) < 4.78 is 15.1. The number of rotatable bonds is 5. The quantitative estimate of drug-likeness (QED) is 0.406. The second-order valence-electron chi connectivity index (χ2n) is 9.92. The SMILES string of the molecule is C[C@@H]1CN(Cc2ccc(F)cc2)CCN1C(=O)c1cn(C)c2ccc(C(=O)C(=O)N3CCCC3)cc12. The van der Waals surface area contributed by atoms with Gasteiger partial charge in [0, 0.05) is 75.0 Å². The Morgan fingerprint density at radius 1 is 0.972 bits per heavy atom. The van der Waals surface area contributed by atoms with E-state index in [9.17, 15) is 18.8 Å². The van der Waals surface area contributed by atoms with E-state index in [4.69, 9.17) is 0 Å². The number of Topliss-reactive ketones (excluding diaryl/α,β-unsaturated/α-hetero) is 1. The van der Waals surface area contributed by atoms with Crippen molar-refractivity contribution in [3.8, 4) is 0 Å². The van der Waals surface area contributed by atoms with Crippen molar-refractivity contribution >= 4 is 28.5 Å². The molecule has 0 radical (unpaired) electrons. The number of likely N-dealkylation sites (tertiary alicyclic amines) is 1. The van der Waals surface area contributed by atoms with Gasteiger partial charge in [0.2, 0.25) is 5.78 Å². The van der Waals surface area contributed by atoms with Crippen molar-refractivity contribution in [2.45, 2.75) is 32.4 Å². The average Bonchev–Trinajstić information content (AvgIpc) is 3.53. The third-order valence-corrected chi connectivity index (χ3v) is 7.36. The number of ketones is 1. The number of fused-ring (bicyclic) bond motifs is 1. The molecule has 1 aromatic heterocycles. The Labute approximate surface area is 210 Å². The van der Waals surface area contributed by atoms with Crippen LogP contribution in [-0.4, -0.2) is 75.6 Å². The summed E-state index contributed by atoms with van der Waals surface area (Å²) >= 11 is 0. The molecule has 3 heterocycles. The Balaban J connectivity index is 1.33. The van der Waals surface area contributed by atoms with Gasteiger partial charge in [-0.05, 0) is 55.7 Å². The van der Waals surface area contributed by atoms with Crippen molar-refractivity contribution in [3.63, 3.8) is 0 Å². The Morgan fingerprint density at radius 2 is 1.69 bits per heavy atom. The number of aromatic nitrogens is 1. The number of nitrogens with zero attached hydrogens (tertiary/aromatic N) is 4. The second-order valence-corrected chi connectivity index (χ2v) is 9.92. The molecule has 0 bridgehead atoms. The standard InChI is InChI=1S/C28H31FN4O3/c1-19-16-31(17-20-5-8-22(29)9-6-20)13-14-33(19)27(35)24-18-30(2)25-10-7-21(15-23(24)25)26(34)28(36)32-11-3-4-12-32/h5-10,15,18-19H,3-4,11-14,16-17H2,1-2H3/t19-/m1/s1. The van der Waals surface area contributed by atoms with Crippen LogP contribution in [0.15, 0.2) is 48.7 Å². The molecule has 2 aromatic carbocycles.